The molecule has 9 nitrogen and oxygen atoms in total. The molecule has 0 bridgehead atoms. The van der Waals surface area contributed by atoms with E-state index in [9.17, 15) is 18.0 Å². The van der Waals surface area contributed by atoms with E-state index in [4.69, 9.17) is 0 Å². The Kier molecular flexibility index (Phi) is 5.55. The minimum atomic E-state index is -3.85. The summed E-state index contributed by atoms with van der Waals surface area (Å²) in [5.41, 5.74) is 1.68. The van der Waals surface area contributed by atoms with Gasteiger partial charge in [0.25, 0.3) is 0 Å². The highest BCUT2D eigenvalue weighted by atomic mass is 32.2. The first-order valence-corrected chi connectivity index (χ1v) is 8.86. The number of H-pyrrole nitrogens is 1. The molecular formula is C15H19N5O4S. The largest absolute Gasteiger partial charge is 0.326 e. The van der Waals surface area contributed by atoms with Crippen LogP contribution in [0.3, 0.4) is 0 Å². The fourth-order valence-electron chi connectivity index (χ4n) is 2.25. The normalized spacial score (nSPS) is 11.2. The Labute approximate surface area is 145 Å². The van der Waals surface area contributed by atoms with Crippen molar-refractivity contribution in [2.24, 2.45) is 0 Å². The molecule has 2 rings (SSSR count). The predicted octanol–water partition coefficient (Wildman–Crippen LogP) is 0.902. The number of aryl methyl sites for hydroxylation is 2. The summed E-state index contributed by atoms with van der Waals surface area (Å²) in [7, 11) is -3.85. The number of rotatable bonds is 6. The first-order valence-electron chi connectivity index (χ1n) is 7.38. The Morgan fingerprint density at radius 1 is 1.16 bits per heavy atom. The number of carbonyl (C=O) groups is 2. The zero-order valence-corrected chi connectivity index (χ0v) is 14.8. The lowest BCUT2D eigenvalue weighted by Crippen LogP contribution is -2.33. The molecule has 0 fully saturated rings. The molecule has 0 spiro atoms. The van der Waals surface area contributed by atoms with E-state index in [0.717, 1.165) is 0 Å². The van der Waals surface area contributed by atoms with E-state index < -0.39 is 22.5 Å². The van der Waals surface area contributed by atoms with Gasteiger partial charge in [-0.15, -0.1) is 0 Å². The summed E-state index contributed by atoms with van der Waals surface area (Å²) < 4.78 is 26.8. The lowest BCUT2D eigenvalue weighted by molar-refractivity contribution is -0.115. The molecular weight excluding hydrogens is 346 g/mol. The van der Waals surface area contributed by atoms with Gasteiger partial charge in [0, 0.05) is 18.3 Å². The molecule has 2 amide bonds. The molecule has 2 aromatic rings. The maximum atomic E-state index is 12.3. The lowest BCUT2D eigenvalue weighted by atomic mass is 10.2. The standard InChI is InChI=1S/C15H19N5O4S/c1-9-15(10(2)20-19-9)25(23,24)16-8-14(22)18-13-6-4-5-12(7-13)17-11(3)21/h4-7,16H,8H2,1-3H3,(H,17,21)(H,18,22)(H,19,20). The van der Waals surface area contributed by atoms with Crippen molar-refractivity contribution in [3.05, 3.63) is 35.7 Å². The predicted molar refractivity (Wildman–Crippen MR) is 92.6 cm³/mol. The molecule has 1 aromatic carbocycles. The van der Waals surface area contributed by atoms with Crippen molar-refractivity contribution in [3.8, 4) is 0 Å². The van der Waals surface area contributed by atoms with Gasteiger partial charge in [-0.05, 0) is 32.0 Å². The number of benzene rings is 1. The van der Waals surface area contributed by atoms with E-state index in [-0.39, 0.29) is 10.8 Å². The highest BCUT2D eigenvalue weighted by Crippen LogP contribution is 2.17. The third-order valence-corrected chi connectivity index (χ3v) is 4.88. The van der Waals surface area contributed by atoms with E-state index in [1.54, 1.807) is 38.1 Å². The van der Waals surface area contributed by atoms with Gasteiger partial charge in [-0.3, -0.25) is 14.7 Å². The second kappa shape index (κ2) is 7.45. The average Bonchev–Trinajstić information content (AvgIpc) is 2.85. The number of amides is 2. The number of anilines is 2. The van der Waals surface area contributed by atoms with Gasteiger partial charge in [0.05, 0.1) is 17.9 Å². The minimum Gasteiger partial charge on any atom is -0.326 e. The van der Waals surface area contributed by atoms with E-state index in [1.807, 2.05) is 0 Å². The Bertz CT molecular complexity index is 885. The van der Waals surface area contributed by atoms with Crippen molar-refractivity contribution >= 4 is 33.2 Å². The zero-order chi connectivity index (χ0) is 18.6. The van der Waals surface area contributed by atoms with E-state index in [2.05, 4.69) is 25.6 Å². The summed E-state index contributed by atoms with van der Waals surface area (Å²) in [6.07, 6.45) is 0. The molecule has 0 atom stereocenters. The van der Waals surface area contributed by atoms with Crippen LogP contribution in [0, 0.1) is 13.8 Å². The molecule has 0 saturated heterocycles. The van der Waals surface area contributed by atoms with Crippen LogP contribution in [0.4, 0.5) is 11.4 Å². The van der Waals surface area contributed by atoms with Gasteiger partial charge in [-0.25, -0.2) is 13.1 Å². The lowest BCUT2D eigenvalue weighted by Gasteiger charge is -2.09. The van der Waals surface area contributed by atoms with Gasteiger partial charge < -0.3 is 10.6 Å². The van der Waals surface area contributed by atoms with Crippen LogP contribution >= 0.6 is 0 Å². The molecule has 0 radical (unpaired) electrons. The monoisotopic (exact) mass is 365 g/mol. The van der Waals surface area contributed by atoms with Crippen LogP contribution in [0.1, 0.15) is 18.3 Å². The quantitative estimate of drug-likeness (QED) is 0.604. The molecule has 10 heteroatoms. The number of aromatic nitrogens is 2. The third-order valence-electron chi connectivity index (χ3n) is 3.22. The Hall–Kier alpha value is -2.72. The van der Waals surface area contributed by atoms with Crippen LogP contribution in [0.2, 0.25) is 0 Å². The van der Waals surface area contributed by atoms with Crippen molar-refractivity contribution < 1.29 is 18.0 Å². The van der Waals surface area contributed by atoms with Gasteiger partial charge in [0.15, 0.2) is 0 Å². The Balaban J connectivity index is 2.00. The van der Waals surface area contributed by atoms with Crippen molar-refractivity contribution in [2.75, 3.05) is 17.2 Å². The fraction of sp³-hybridized carbons (Fsp3) is 0.267. The van der Waals surface area contributed by atoms with E-state index in [0.29, 0.717) is 22.8 Å². The molecule has 25 heavy (non-hydrogen) atoms. The zero-order valence-electron chi connectivity index (χ0n) is 14.0. The average molecular weight is 365 g/mol. The molecule has 1 heterocycles. The summed E-state index contributed by atoms with van der Waals surface area (Å²) >= 11 is 0. The maximum Gasteiger partial charge on any atom is 0.244 e. The van der Waals surface area contributed by atoms with Crippen LogP contribution in [0.25, 0.3) is 0 Å². The summed E-state index contributed by atoms with van der Waals surface area (Å²) in [5.74, 6) is -0.774. The summed E-state index contributed by atoms with van der Waals surface area (Å²) in [6.45, 7) is 4.09. The Morgan fingerprint density at radius 3 is 2.36 bits per heavy atom. The summed E-state index contributed by atoms with van der Waals surface area (Å²) in [5, 5.41) is 11.6. The van der Waals surface area contributed by atoms with Crippen molar-refractivity contribution in [2.45, 2.75) is 25.7 Å². The summed E-state index contributed by atoms with van der Waals surface area (Å²) in [4.78, 5) is 23.1. The molecule has 0 unspecified atom stereocenters. The van der Waals surface area contributed by atoms with Gasteiger partial charge >= 0.3 is 0 Å². The number of sulfonamides is 1. The number of aromatic amines is 1. The fourth-order valence-corrected chi connectivity index (χ4v) is 3.60. The SMILES string of the molecule is CC(=O)Nc1cccc(NC(=O)CNS(=O)(=O)c2c(C)n[nH]c2C)c1. The van der Waals surface area contributed by atoms with Crippen molar-refractivity contribution in [3.63, 3.8) is 0 Å². The van der Waals surface area contributed by atoms with E-state index >= 15 is 0 Å². The smallest absolute Gasteiger partial charge is 0.244 e. The number of nitrogens with zero attached hydrogens (tertiary/aromatic N) is 1. The maximum absolute atomic E-state index is 12.3. The minimum absolute atomic E-state index is 0.0351. The van der Waals surface area contributed by atoms with Crippen LogP contribution in [-0.4, -0.2) is 37.0 Å². The molecule has 134 valence electrons. The summed E-state index contributed by atoms with van der Waals surface area (Å²) in [6, 6.07) is 6.52. The van der Waals surface area contributed by atoms with Gasteiger partial charge in [-0.2, -0.15) is 5.10 Å². The number of nitrogens with one attached hydrogen (secondary N) is 4. The molecule has 0 saturated carbocycles. The molecule has 0 aliphatic rings. The van der Waals surface area contributed by atoms with Gasteiger partial charge in [-0.1, -0.05) is 6.07 Å². The topological polar surface area (TPSA) is 133 Å². The van der Waals surface area contributed by atoms with Gasteiger partial charge in [0.2, 0.25) is 21.8 Å². The van der Waals surface area contributed by atoms with Crippen LogP contribution in [0.15, 0.2) is 29.2 Å². The van der Waals surface area contributed by atoms with Crippen LogP contribution in [0.5, 0.6) is 0 Å². The number of carbonyl (C=O) groups excluding carboxylic acids is 2. The second-order valence-corrected chi connectivity index (χ2v) is 7.10. The Morgan fingerprint density at radius 2 is 1.80 bits per heavy atom. The van der Waals surface area contributed by atoms with Crippen LogP contribution in [-0.2, 0) is 19.6 Å². The van der Waals surface area contributed by atoms with Gasteiger partial charge in [0.1, 0.15) is 4.90 Å². The van der Waals surface area contributed by atoms with Crippen LogP contribution < -0.4 is 15.4 Å². The molecule has 1 aromatic heterocycles. The third kappa shape index (κ3) is 4.88. The number of hydrogen-bond donors (Lipinski definition) is 4. The number of hydrogen-bond acceptors (Lipinski definition) is 5. The first kappa shape index (κ1) is 18.6. The van der Waals surface area contributed by atoms with E-state index in [1.165, 1.54) is 6.92 Å². The highest BCUT2D eigenvalue weighted by molar-refractivity contribution is 7.89. The van der Waals surface area contributed by atoms with Crippen molar-refractivity contribution in [1.82, 2.24) is 14.9 Å². The molecule has 4 N–H and O–H groups in total. The van der Waals surface area contributed by atoms with Crippen molar-refractivity contribution in [1.29, 1.82) is 0 Å². The first-order chi connectivity index (χ1) is 11.7. The molecule has 0 aliphatic carbocycles. The molecule has 0 aliphatic heterocycles. The second-order valence-electron chi connectivity index (χ2n) is 5.40. The highest BCUT2D eigenvalue weighted by Gasteiger charge is 2.22.